The minimum atomic E-state index is -0.433. The van der Waals surface area contributed by atoms with Crippen LogP contribution in [0.25, 0.3) is 21.8 Å². The van der Waals surface area contributed by atoms with Gasteiger partial charge in [-0.2, -0.15) is 0 Å². The van der Waals surface area contributed by atoms with Crippen LogP contribution in [0.4, 0.5) is 21.2 Å². The molecule has 5 N–H and O–H groups in total. The number of likely N-dealkylation sites (tertiary alicyclic amines) is 1. The van der Waals surface area contributed by atoms with Crippen LogP contribution < -0.4 is 30.4 Å². The summed E-state index contributed by atoms with van der Waals surface area (Å²) in [6.07, 6.45) is 3.27. The fourth-order valence-electron chi connectivity index (χ4n) is 7.59. The monoisotopic (exact) mass is 730 g/mol. The first-order valence-electron chi connectivity index (χ1n) is 17.9. The summed E-state index contributed by atoms with van der Waals surface area (Å²) in [5.74, 6) is 1.54. The zero-order valence-electron chi connectivity index (χ0n) is 30.2. The first-order chi connectivity index (χ1) is 26.4. The van der Waals surface area contributed by atoms with Crippen molar-refractivity contribution in [1.82, 2.24) is 50.9 Å². The van der Waals surface area contributed by atoms with Crippen molar-refractivity contribution in [2.24, 2.45) is 0 Å². The lowest BCUT2D eigenvalue weighted by molar-refractivity contribution is 0.216. The molecule has 0 bridgehead atoms. The number of rotatable bonds is 10. The van der Waals surface area contributed by atoms with Gasteiger partial charge in [-0.3, -0.25) is 15.5 Å². The van der Waals surface area contributed by atoms with E-state index >= 15 is 0 Å². The van der Waals surface area contributed by atoms with E-state index in [2.05, 4.69) is 65.4 Å². The number of aromatic amines is 2. The highest BCUT2D eigenvalue weighted by atomic mass is 16.5. The molecule has 0 saturated carbocycles. The molecule has 4 amide bonds. The minimum Gasteiger partial charge on any atom is -0.479 e. The summed E-state index contributed by atoms with van der Waals surface area (Å²) in [5.41, 5.74) is 3.54. The predicted octanol–water partition coefficient (Wildman–Crippen LogP) is 4.46. The van der Waals surface area contributed by atoms with Gasteiger partial charge in [-0.05, 0) is 25.1 Å². The number of amides is 4. The first-order valence-corrected chi connectivity index (χ1v) is 17.9. The number of nitrogens with one attached hydrogen (secondary N) is 5. The lowest BCUT2D eigenvalue weighted by Gasteiger charge is -2.33. The standard InChI is InChI=1S/C38H42N12O4/c1-4-54-36-26-18-40-34(16-30(26)45-47-36)50(38(52)42-31-21-48(2)19-27(31)23-11-7-5-8-12-23)49-20-28(24-13-9-6-10-14-24)32(22-49)41-37(51)43-33-15-29-25(17-39-33)35(53-3)46-44-29/h5-18,27-28,31-32H,4,19-22H2,1-3H3,(H,42,52)(H,44,46)(H,45,47)(H2,39,41,43,51)/t27-,28+,31+,32-/m0/s1. The summed E-state index contributed by atoms with van der Waals surface area (Å²) in [6.45, 7) is 4.57. The normalized spacial score (nSPS) is 20.3. The number of pyridine rings is 2. The molecule has 6 heterocycles. The van der Waals surface area contributed by atoms with Crippen molar-refractivity contribution in [3.8, 4) is 11.8 Å². The van der Waals surface area contributed by atoms with Crippen LogP contribution in [0.3, 0.4) is 0 Å². The molecule has 278 valence electrons. The van der Waals surface area contributed by atoms with Gasteiger partial charge in [0.25, 0.3) is 0 Å². The largest absolute Gasteiger partial charge is 0.479 e. The van der Waals surface area contributed by atoms with Crippen molar-refractivity contribution in [3.05, 3.63) is 96.3 Å². The van der Waals surface area contributed by atoms with Crippen molar-refractivity contribution >= 4 is 45.5 Å². The van der Waals surface area contributed by atoms with E-state index in [9.17, 15) is 9.59 Å². The number of hydrazine groups is 1. The van der Waals surface area contributed by atoms with Gasteiger partial charge in [0.2, 0.25) is 11.8 Å². The molecule has 4 atom stereocenters. The maximum atomic E-state index is 14.7. The third-order valence-electron chi connectivity index (χ3n) is 10.1. The molecule has 0 aliphatic carbocycles. The van der Waals surface area contributed by atoms with E-state index in [-0.39, 0.29) is 23.9 Å². The summed E-state index contributed by atoms with van der Waals surface area (Å²) in [7, 11) is 3.60. The number of aromatic nitrogens is 6. The fourth-order valence-corrected chi connectivity index (χ4v) is 7.59. The molecule has 8 rings (SSSR count). The van der Waals surface area contributed by atoms with Gasteiger partial charge in [0, 0.05) is 62.5 Å². The lowest BCUT2D eigenvalue weighted by atomic mass is 9.94. The van der Waals surface area contributed by atoms with E-state index in [1.54, 1.807) is 29.5 Å². The second kappa shape index (κ2) is 15.0. The first kappa shape index (κ1) is 34.8. The lowest BCUT2D eigenvalue weighted by Crippen LogP contribution is -2.55. The number of anilines is 2. The van der Waals surface area contributed by atoms with Crippen molar-refractivity contribution in [2.45, 2.75) is 30.8 Å². The van der Waals surface area contributed by atoms with Crippen molar-refractivity contribution in [1.29, 1.82) is 0 Å². The number of H-pyrrole nitrogens is 2. The molecule has 16 heteroatoms. The number of carbonyl (C=O) groups excluding carboxylic acids is 2. The average Bonchev–Trinajstić information content (AvgIpc) is 3.98. The van der Waals surface area contributed by atoms with Crippen LogP contribution >= 0.6 is 0 Å². The Hall–Kier alpha value is -6.26. The molecule has 2 aliphatic heterocycles. The second-order valence-corrected chi connectivity index (χ2v) is 13.6. The number of methoxy groups -OCH3 is 1. The minimum absolute atomic E-state index is 0.100. The Kier molecular flexibility index (Phi) is 9.67. The molecule has 2 aromatic carbocycles. The molecule has 4 aromatic heterocycles. The van der Waals surface area contributed by atoms with Crippen LogP contribution in [0, 0.1) is 0 Å². The molecule has 0 spiro atoms. The number of fused-ring (bicyclic) bond motifs is 2. The number of carbonyl (C=O) groups is 2. The van der Waals surface area contributed by atoms with Gasteiger partial charge in [-0.1, -0.05) is 60.7 Å². The Balaban J connectivity index is 1.09. The number of benzene rings is 2. The Morgan fingerprint density at radius 1 is 0.815 bits per heavy atom. The highest BCUT2D eigenvalue weighted by Crippen LogP contribution is 2.33. The Labute approximate surface area is 311 Å². The molecule has 54 heavy (non-hydrogen) atoms. The van der Waals surface area contributed by atoms with Gasteiger partial charge in [0.15, 0.2) is 5.82 Å². The summed E-state index contributed by atoms with van der Waals surface area (Å²) < 4.78 is 11.0. The number of nitrogens with zero attached hydrogens (tertiary/aromatic N) is 7. The van der Waals surface area contributed by atoms with Crippen LogP contribution in [-0.2, 0) is 0 Å². The Morgan fingerprint density at radius 3 is 2.15 bits per heavy atom. The fraction of sp³-hybridized carbons (Fsp3) is 0.316. The molecule has 2 aliphatic rings. The Morgan fingerprint density at radius 2 is 1.44 bits per heavy atom. The predicted molar refractivity (Wildman–Crippen MR) is 204 cm³/mol. The number of likely N-dealkylation sites (N-methyl/N-ethyl adjacent to an activating group) is 1. The number of urea groups is 2. The molecular weight excluding hydrogens is 688 g/mol. The third kappa shape index (κ3) is 6.95. The zero-order chi connectivity index (χ0) is 37.2. The highest BCUT2D eigenvalue weighted by Gasteiger charge is 2.42. The van der Waals surface area contributed by atoms with Crippen LogP contribution in [0.1, 0.15) is 29.9 Å². The molecular formula is C38H42N12O4. The number of hydrogen-bond acceptors (Lipinski definition) is 10. The van der Waals surface area contributed by atoms with Gasteiger partial charge in [0.1, 0.15) is 5.82 Å². The van der Waals surface area contributed by atoms with E-state index in [0.717, 1.165) is 12.1 Å². The molecule has 16 nitrogen and oxygen atoms in total. The Bertz CT molecular complexity index is 2250. The maximum absolute atomic E-state index is 14.7. The molecule has 2 saturated heterocycles. The van der Waals surface area contributed by atoms with E-state index in [4.69, 9.17) is 14.5 Å². The van der Waals surface area contributed by atoms with Gasteiger partial charge in [-0.15, -0.1) is 10.2 Å². The summed E-state index contributed by atoms with van der Waals surface area (Å²) >= 11 is 0. The van der Waals surface area contributed by atoms with Crippen molar-refractivity contribution in [2.75, 3.05) is 57.3 Å². The molecule has 0 unspecified atom stereocenters. The molecule has 6 aromatic rings. The number of ether oxygens (including phenoxy) is 2. The summed E-state index contributed by atoms with van der Waals surface area (Å²) in [4.78, 5) is 39.7. The van der Waals surface area contributed by atoms with Crippen molar-refractivity contribution < 1.29 is 19.1 Å². The average molecular weight is 731 g/mol. The van der Waals surface area contributed by atoms with E-state index in [0.29, 0.717) is 71.4 Å². The molecule has 2 fully saturated rings. The van der Waals surface area contributed by atoms with Gasteiger partial charge >= 0.3 is 12.1 Å². The van der Waals surface area contributed by atoms with Gasteiger partial charge in [-0.25, -0.2) is 29.6 Å². The van der Waals surface area contributed by atoms with Crippen LogP contribution in [0.2, 0.25) is 0 Å². The quantitative estimate of drug-likeness (QED) is 0.135. The highest BCUT2D eigenvalue weighted by molar-refractivity contribution is 5.94. The summed E-state index contributed by atoms with van der Waals surface area (Å²) in [5, 5.41) is 28.7. The van der Waals surface area contributed by atoms with Crippen LogP contribution in [0.15, 0.2) is 85.2 Å². The van der Waals surface area contributed by atoms with E-state index < -0.39 is 12.1 Å². The van der Waals surface area contributed by atoms with Gasteiger partial charge in [0.05, 0.1) is 47.6 Å². The summed E-state index contributed by atoms with van der Waals surface area (Å²) in [6, 6.07) is 22.4. The van der Waals surface area contributed by atoms with Crippen LogP contribution in [-0.4, -0.2) is 111 Å². The van der Waals surface area contributed by atoms with E-state index in [1.807, 2.05) is 60.5 Å². The SMILES string of the molecule is CCOc1n[nH]c2cc(N(C(=O)N[C@@H]3CN(C)C[C@H]3c3ccccc3)N3C[C@H](NC(=O)Nc4cc5[nH]nc(OC)c5cn4)[C@@H](c4ccccc4)C3)ncc12. The van der Waals surface area contributed by atoms with E-state index in [1.165, 1.54) is 12.7 Å². The van der Waals surface area contributed by atoms with Crippen molar-refractivity contribution in [3.63, 3.8) is 0 Å². The van der Waals surface area contributed by atoms with Crippen LogP contribution in [0.5, 0.6) is 11.8 Å². The smallest absolute Gasteiger partial charge is 0.338 e. The second-order valence-electron chi connectivity index (χ2n) is 13.6. The molecule has 0 radical (unpaired) electrons. The third-order valence-corrected chi connectivity index (χ3v) is 10.1. The maximum Gasteiger partial charge on any atom is 0.338 e. The number of hydrogen-bond donors (Lipinski definition) is 5. The topological polar surface area (TPSA) is 182 Å². The van der Waals surface area contributed by atoms with Gasteiger partial charge < -0.3 is 25.0 Å². The zero-order valence-corrected chi connectivity index (χ0v) is 30.2.